The Kier molecular flexibility index (Phi) is 7.58. The number of hydrogen-bond acceptors (Lipinski definition) is 8. The predicted molar refractivity (Wildman–Crippen MR) is 128 cm³/mol. The molecule has 184 valence electrons. The highest BCUT2D eigenvalue weighted by Crippen LogP contribution is 2.35. The second-order valence-corrected chi connectivity index (χ2v) is 12.5. The molecule has 1 unspecified atom stereocenters. The normalized spacial score (nSPS) is 18.5. The zero-order valence-electron chi connectivity index (χ0n) is 18.6. The minimum Gasteiger partial charge on any atom is -0.481 e. The number of halogens is 1. The van der Waals surface area contributed by atoms with E-state index in [0.29, 0.717) is 18.4 Å². The summed E-state index contributed by atoms with van der Waals surface area (Å²) in [4.78, 5) is 30.8. The lowest BCUT2D eigenvalue weighted by Gasteiger charge is -2.31. The molecule has 0 bridgehead atoms. The van der Waals surface area contributed by atoms with Gasteiger partial charge in [-0.1, -0.05) is 35.1 Å². The van der Waals surface area contributed by atoms with Crippen LogP contribution in [0, 0.1) is 0 Å². The number of hydrogen-bond donors (Lipinski definition) is 2. The lowest BCUT2D eigenvalue weighted by molar-refractivity contribution is -0.136. The highest BCUT2D eigenvalue weighted by molar-refractivity contribution is 7.92. The summed E-state index contributed by atoms with van der Waals surface area (Å²) in [5, 5.41) is 11.5. The maximum atomic E-state index is 13.2. The molecule has 2 aromatic rings. The molecule has 1 aliphatic heterocycles. The van der Waals surface area contributed by atoms with Crippen LogP contribution in [0.2, 0.25) is 4.34 Å². The average Bonchev–Trinajstić information content (AvgIpc) is 3.59. The average molecular weight is 528 g/mol. The molecule has 2 N–H and O–H groups in total. The zero-order valence-corrected chi connectivity index (χ0v) is 21.0. The first-order valence-electron chi connectivity index (χ1n) is 11.0. The summed E-state index contributed by atoms with van der Waals surface area (Å²) in [5.41, 5.74) is 0.705. The van der Waals surface area contributed by atoms with E-state index in [-0.39, 0.29) is 37.8 Å². The Balaban J connectivity index is 1.55. The molecule has 1 aromatic heterocycles. The van der Waals surface area contributed by atoms with Gasteiger partial charge < -0.3 is 14.7 Å². The maximum Gasteiger partial charge on any atom is 0.309 e. The smallest absolute Gasteiger partial charge is 0.309 e. The number of likely N-dealkylation sites (tertiary alicyclic amines) is 1. The first kappa shape index (κ1) is 25.1. The van der Waals surface area contributed by atoms with Gasteiger partial charge >= 0.3 is 5.97 Å². The molecule has 12 heteroatoms. The Bertz CT molecular complexity index is 1160. The van der Waals surface area contributed by atoms with Crippen molar-refractivity contribution in [3.05, 3.63) is 39.9 Å². The third-order valence-electron chi connectivity index (χ3n) is 5.91. The molecule has 1 amide bonds. The van der Waals surface area contributed by atoms with Crippen molar-refractivity contribution >= 4 is 49.8 Å². The summed E-state index contributed by atoms with van der Waals surface area (Å²) in [6.45, 7) is 1.69. The van der Waals surface area contributed by atoms with Gasteiger partial charge in [0.15, 0.2) is 21.1 Å². The Hall–Kier alpha value is -2.05. The fourth-order valence-corrected chi connectivity index (χ4v) is 6.52. The van der Waals surface area contributed by atoms with Gasteiger partial charge in [0.1, 0.15) is 4.34 Å². The molecule has 2 aliphatic rings. The van der Waals surface area contributed by atoms with Gasteiger partial charge in [0.2, 0.25) is 0 Å². The van der Waals surface area contributed by atoms with Crippen molar-refractivity contribution in [3.63, 3.8) is 0 Å². The zero-order chi connectivity index (χ0) is 24.5. The standard InChI is InChI=1S/C22H26ClN3O6S2/c1-26-10-8-14(9-11-26)32-19(13-2-4-15(5-3-13)34(30,31)16-6-7-16)21(29)25-22-24-17(12-18(27)28)20(23)33-22/h2-5,14,16,19H,6-12H2,1H3,(H,27,28)(H,24,25,29). The second-order valence-electron chi connectivity index (χ2n) is 8.63. The number of ether oxygens (including phenoxy) is 1. The van der Waals surface area contributed by atoms with E-state index in [4.69, 9.17) is 21.4 Å². The predicted octanol–water partition coefficient (Wildman–Crippen LogP) is 3.15. The molecular weight excluding hydrogens is 502 g/mol. The minimum absolute atomic E-state index is 0.135. The number of piperidine rings is 1. The van der Waals surface area contributed by atoms with Crippen LogP contribution in [0.5, 0.6) is 0 Å². The Morgan fingerprint density at radius 2 is 1.88 bits per heavy atom. The van der Waals surface area contributed by atoms with Crippen molar-refractivity contribution in [1.29, 1.82) is 0 Å². The number of carboxylic acid groups (broad SMARTS) is 1. The SMILES string of the molecule is CN1CCC(OC(C(=O)Nc2nc(CC(=O)O)c(Cl)s2)c2ccc(S(=O)(=O)C3CC3)cc2)CC1. The molecule has 1 atom stereocenters. The van der Waals surface area contributed by atoms with Gasteiger partial charge in [-0.3, -0.25) is 14.9 Å². The first-order valence-corrected chi connectivity index (χ1v) is 13.7. The summed E-state index contributed by atoms with van der Waals surface area (Å²) in [6, 6.07) is 6.26. The summed E-state index contributed by atoms with van der Waals surface area (Å²) in [7, 11) is -1.31. The molecular formula is C22H26ClN3O6S2. The van der Waals surface area contributed by atoms with Gasteiger partial charge in [-0.25, -0.2) is 13.4 Å². The van der Waals surface area contributed by atoms with Gasteiger partial charge in [-0.05, 0) is 50.4 Å². The van der Waals surface area contributed by atoms with Crippen LogP contribution in [0.15, 0.2) is 29.2 Å². The number of nitrogens with zero attached hydrogens (tertiary/aromatic N) is 2. The number of benzene rings is 1. The number of anilines is 1. The van der Waals surface area contributed by atoms with Crippen molar-refractivity contribution in [2.45, 2.75) is 54.5 Å². The molecule has 34 heavy (non-hydrogen) atoms. The van der Waals surface area contributed by atoms with Crippen LogP contribution in [0.3, 0.4) is 0 Å². The monoisotopic (exact) mass is 527 g/mol. The van der Waals surface area contributed by atoms with E-state index < -0.39 is 27.8 Å². The van der Waals surface area contributed by atoms with Crippen LogP contribution in [0.1, 0.15) is 43.0 Å². The fourth-order valence-electron chi connectivity index (χ4n) is 3.82. The topological polar surface area (TPSA) is 126 Å². The van der Waals surface area contributed by atoms with Crippen molar-refractivity contribution in [2.75, 3.05) is 25.5 Å². The van der Waals surface area contributed by atoms with Crippen LogP contribution >= 0.6 is 22.9 Å². The highest BCUT2D eigenvalue weighted by Gasteiger charge is 2.37. The van der Waals surface area contributed by atoms with E-state index in [2.05, 4.69) is 15.2 Å². The van der Waals surface area contributed by atoms with E-state index in [0.717, 1.165) is 37.3 Å². The molecule has 0 radical (unpaired) electrons. The number of carboxylic acids is 1. The number of carbonyl (C=O) groups is 2. The molecule has 9 nitrogen and oxygen atoms in total. The molecule has 1 aliphatic carbocycles. The molecule has 1 aromatic carbocycles. The largest absolute Gasteiger partial charge is 0.481 e. The summed E-state index contributed by atoms with van der Waals surface area (Å²) >= 11 is 7.05. The van der Waals surface area contributed by atoms with Crippen molar-refractivity contribution in [2.24, 2.45) is 0 Å². The number of nitrogens with one attached hydrogen (secondary N) is 1. The van der Waals surface area contributed by atoms with Crippen LogP contribution in [0.4, 0.5) is 5.13 Å². The summed E-state index contributed by atoms with van der Waals surface area (Å²) in [6.07, 6.45) is 1.41. The van der Waals surface area contributed by atoms with E-state index in [9.17, 15) is 18.0 Å². The molecule has 2 fully saturated rings. The lowest BCUT2D eigenvalue weighted by Crippen LogP contribution is -2.36. The quantitative estimate of drug-likeness (QED) is 0.509. The van der Waals surface area contributed by atoms with Crippen molar-refractivity contribution < 1.29 is 27.9 Å². The highest BCUT2D eigenvalue weighted by atomic mass is 35.5. The molecule has 1 saturated carbocycles. The molecule has 1 saturated heterocycles. The van der Waals surface area contributed by atoms with E-state index in [1.54, 1.807) is 12.1 Å². The van der Waals surface area contributed by atoms with Crippen LogP contribution in [0.25, 0.3) is 0 Å². The molecule has 2 heterocycles. The third kappa shape index (κ3) is 5.95. The number of carbonyl (C=O) groups excluding carboxylic acids is 1. The van der Waals surface area contributed by atoms with Gasteiger partial charge in [0.25, 0.3) is 5.91 Å². The molecule has 4 rings (SSSR count). The fraction of sp³-hybridized carbons (Fsp3) is 0.500. The van der Waals surface area contributed by atoms with Gasteiger partial charge in [-0.15, -0.1) is 0 Å². The van der Waals surface area contributed by atoms with Gasteiger partial charge in [0.05, 0.1) is 28.4 Å². The number of amides is 1. The van der Waals surface area contributed by atoms with Gasteiger partial charge in [0, 0.05) is 13.1 Å². The second kappa shape index (κ2) is 10.3. The van der Waals surface area contributed by atoms with E-state index >= 15 is 0 Å². The van der Waals surface area contributed by atoms with Crippen molar-refractivity contribution in [1.82, 2.24) is 9.88 Å². The minimum atomic E-state index is -3.34. The number of aromatic nitrogens is 1. The Morgan fingerprint density at radius 1 is 1.24 bits per heavy atom. The van der Waals surface area contributed by atoms with Crippen LogP contribution < -0.4 is 5.32 Å². The first-order chi connectivity index (χ1) is 16.1. The van der Waals surface area contributed by atoms with Gasteiger partial charge in [-0.2, -0.15) is 0 Å². The van der Waals surface area contributed by atoms with Crippen LogP contribution in [-0.2, 0) is 30.6 Å². The summed E-state index contributed by atoms with van der Waals surface area (Å²) in [5.74, 6) is -1.56. The maximum absolute atomic E-state index is 13.2. The van der Waals surface area contributed by atoms with E-state index in [1.807, 2.05) is 7.05 Å². The van der Waals surface area contributed by atoms with Crippen molar-refractivity contribution in [3.8, 4) is 0 Å². The van der Waals surface area contributed by atoms with Crippen LogP contribution in [-0.4, -0.2) is 66.8 Å². The third-order valence-corrected chi connectivity index (χ3v) is 9.43. The Morgan fingerprint density at radius 3 is 2.47 bits per heavy atom. The lowest BCUT2D eigenvalue weighted by atomic mass is 10.1. The summed E-state index contributed by atoms with van der Waals surface area (Å²) < 4.78 is 31.5. The van der Waals surface area contributed by atoms with E-state index in [1.165, 1.54) is 12.1 Å². The Labute approximate surface area is 207 Å². The number of rotatable bonds is 9. The number of thiazole rings is 1. The number of aliphatic carboxylic acids is 1. The molecule has 0 spiro atoms. The number of sulfone groups is 1.